The first-order valence-electron chi connectivity index (χ1n) is 20.5. The maximum Gasteiger partial charge on any atom is 0.269 e. The van der Waals surface area contributed by atoms with Gasteiger partial charge in [-0.05, 0) is 93.3 Å². The van der Waals surface area contributed by atoms with E-state index in [1.165, 1.54) is 15.1 Å². The van der Waals surface area contributed by atoms with Crippen molar-refractivity contribution in [1.82, 2.24) is 29.1 Å². The topological polar surface area (TPSA) is 170 Å². The normalized spacial score (nSPS) is 23.9. The van der Waals surface area contributed by atoms with Crippen LogP contribution in [-0.2, 0) is 26.0 Å². The zero-order valence-electron chi connectivity index (χ0n) is 33.0. The van der Waals surface area contributed by atoms with Crippen molar-refractivity contribution in [3.63, 3.8) is 0 Å². The molecule has 4 fully saturated rings. The summed E-state index contributed by atoms with van der Waals surface area (Å²) in [6.45, 7) is 6.54. The van der Waals surface area contributed by atoms with Crippen LogP contribution in [0.3, 0.4) is 0 Å². The fraction of sp³-hybridized carbons (Fsp3) is 0.500. The van der Waals surface area contributed by atoms with E-state index in [4.69, 9.17) is 0 Å². The second-order valence-corrected chi connectivity index (χ2v) is 18.4. The van der Waals surface area contributed by atoms with Gasteiger partial charge in [-0.15, -0.1) is 0 Å². The number of pyridine rings is 1. The van der Waals surface area contributed by atoms with Crippen LogP contribution in [0.15, 0.2) is 70.5 Å². The van der Waals surface area contributed by atoms with Crippen molar-refractivity contribution in [2.45, 2.75) is 93.2 Å². The third-order valence-electron chi connectivity index (χ3n) is 12.6. The molecule has 5 heterocycles. The number of amides is 2. The monoisotopic (exact) mass is 832 g/mol. The second-order valence-electron chi connectivity index (χ2n) is 16.5. The highest BCUT2D eigenvalue weighted by atomic mass is 32.2. The maximum atomic E-state index is 13.9. The van der Waals surface area contributed by atoms with Crippen molar-refractivity contribution in [3.8, 4) is 0 Å². The van der Waals surface area contributed by atoms with E-state index >= 15 is 0 Å². The Labute approximate surface area is 341 Å². The molecule has 3 atom stereocenters. The number of halogens is 2. The molecule has 3 aliphatic heterocycles. The number of rotatable bonds is 11. The third-order valence-corrected chi connectivity index (χ3v) is 14.5. The molecular weight excluding hydrogens is 783 g/mol. The molecule has 17 heteroatoms. The number of piperazine rings is 1. The van der Waals surface area contributed by atoms with Gasteiger partial charge < -0.3 is 15.3 Å². The molecule has 3 saturated heterocycles. The Balaban J connectivity index is 0.824. The Bertz CT molecular complexity index is 2360. The van der Waals surface area contributed by atoms with Gasteiger partial charge in [0.1, 0.15) is 5.65 Å². The number of nitrogens with zero attached hydrogens (tertiary/aromatic N) is 6. The highest BCUT2D eigenvalue weighted by molar-refractivity contribution is 7.89. The Hall–Kier alpha value is -4.84. The summed E-state index contributed by atoms with van der Waals surface area (Å²) < 4.78 is 57.7. The summed E-state index contributed by atoms with van der Waals surface area (Å²) in [5.74, 6) is -0.538. The Kier molecular flexibility index (Phi) is 11.6. The Morgan fingerprint density at radius 3 is 2.31 bits per heavy atom. The molecular formula is C42H50F2N8O6S. The van der Waals surface area contributed by atoms with Crippen molar-refractivity contribution in [2.24, 2.45) is 0 Å². The second kappa shape index (κ2) is 16.7. The van der Waals surface area contributed by atoms with Crippen molar-refractivity contribution < 1.29 is 31.9 Å². The summed E-state index contributed by atoms with van der Waals surface area (Å²) >= 11 is 0. The Morgan fingerprint density at radius 1 is 0.949 bits per heavy atom. The van der Waals surface area contributed by atoms with Crippen LogP contribution in [0.4, 0.5) is 20.4 Å². The lowest BCUT2D eigenvalue weighted by atomic mass is 9.90. The van der Waals surface area contributed by atoms with Gasteiger partial charge in [0.25, 0.3) is 12.0 Å². The number of alkyl halides is 2. The predicted molar refractivity (Wildman–Crippen MR) is 218 cm³/mol. The summed E-state index contributed by atoms with van der Waals surface area (Å²) in [6.07, 6.45) is 2.57. The van der Waals surface area contributed by atoms with Crippen molar-refractivity contribution in [1.29, 1.82) is 0 Å². The average molecular weight is 833 g/mol. The molecule has 8 rings (SSSR count). The van der Waals surface area contributed by atoms with Crippen LogP contribution >= 0.6 is 0 Å². The first kappa shape index (κ1) is 40.9. The van der Waals surface area contributed by atoms with Gasteiger partial charge in [0, 0.05) is 75.5 Å². The van der Waals surface area contributed by atoms with Gasteiger partial charge in [-0.3, -0.25) is 29.2 Å². The molecule has 4 aromatic rings. The molecule has 1 saturated carbocycles. The summed E-state index contributed by atoms with van der Waals surface area (Å²) in [6, 6.07) is 15.4. The van der Waals surface area contributed by atoms with Crippen LogP contribution in [0.5, 0.6) is 0 Å². The number of hydrogen-bond acceptors (Lipinski definition) is 11. The number of aliphatic hydroxyl groups is 1. The lowest BCUT2D eigenvalue weighted by Gasteiger charge is -2.36. The molecule has 14 nitrogen and oxygen atoms in total. The van der Waals surface area contributed by atoms with Gasteiger partial charge in [0.2, 0.25) is 27.8 Å². The smallest absolute Gasteiger partial charge is 0.269 e. The minimum Gasteiger partial charge on any atom is -0.388 e. The van der Waals surface area contributed by atoms with Gasteiger partial charge >= 0.3 is 0 Å². The van der Waals surface area contributed by atoms with Crippen molar-refractivity contribution in [3.05, 3.63) is 87.8 Å². The molecule has 314 valence electrons. The van der Waals surface area contributed by atoms with Crippen LogP contribution < -0.4 is 21.1 Å². The number of fused-ring (bicyclic) bond motifs is 1. The van der Waals surface area contributed by atoms with E-state index in [-0.39, 0.29) is 58.7 Å². The van der Waals surface area contributed by atoms with Gasteiger partial charge in [-0.25, -0.2) is 22.2 Å². The van der Waals surface area contributed by atoms with E-state index in [2.05, 4.69) is 30.4 Å². The van der Waals surface area contributed by atoms with Crippen LogP contribution in [-0.4, -0.2) is 107 Å². The van der Waals surface area contributed by atoms with E-state index in [0.717, 1.165) is 62.0 Å². The van der Waals surface area contributed by atoms with E-state index in [1.807, 2.05) is 36.4 Å². The molecule has 0 spiro atoms. The molecule has 3 N–H and O–H groups in total. The highest BCUT2D eigenvalue weighted by Gasteiger charge is 2.40. The molecule has 1 unspecified atom stereocenters. The Morgan fingerprint density at radius 2 is 1.66 bits per heavy atom. The lowest BCUT2D eigenvalue weighted by molar-refractivity contribution is -0.134. The maximum absolute atomic E-state index is 13.9. The first-order valence-corrected chi connectivity index (χ1v) is 21.9. The summed E-state index contributed by atoms with van der Waals surface area (Å²) in [5, 5.41) is 17.0. The fourth-order valence-electron chi connectivity index (χ4n) is 9.04. The largest absolute Gasteiger partial charge is 0.388 e. The lowest BCUT2D eigenvalue weighted by Crippen LogP contribution is -2.47. The van der Waals surface area contributed by atoms with E-state index in [1.54, 1.807) is 19.1 Å². The average Bonchev–Trinajstić information content (AvgIpc) is 3.58. The number of carbonyl (C=O) groups excluding carboxylic acids is 2. The number of carbonyl (C=O) groups is 2. The van der Waals surface area contributed by atoms with E-state index in [9.17, 15) is 36.7 Å². The quantitative estimate of drug-likeness (QED) is 0.184. The molecule has 0 bridgehead atoms. The van der Waals surface area contributed by atoms with Gasteiger partial charge in [-0.2, -0.15) is 9.29 Å². The number of benzene rings is 2. The zero-order valence-corrected chi connectivity index (χ0v) is 33.8. The molecule has 2 amide bonds. The minimum absolute atomic E-state index is 0.163. The van der Waals surface area contributed by atoms with E-state index in [0.29, 0.717) is 44.9 Å². The van der Waals surface area contributed by atoms with Gasteiger partial charge in [-0.1, -0.05) is 24.3 Å². The fourth-order valence-corrected chi connectivity index (χ4v) is 10.5. The highest BCUT2D eigenvalue weighted by Crippen LogP contribution is 2.40. The van der Waals surface area contributed by atoms with Crippen LogP contribution in [0.25, 0.3) is 11.0 Å². The van der Waals surface area contributed by atoms with Crippen LogP contribution in [0.1, 0.15) is 86.9 Å². The van der Waals surface area contributed by atoms with E-state index < -0.39 is 39.2 Å². The first-order chi connectivity index (χ1) is 28.3. The minimum atomic E-state index is -3.73. The summed E-state index contributed by atoms with van der Waals surface area (Å²) in [4.78, 5) is 50.9. The molecule has 1 aliphatic carbocycles. The SMILES string of the molecule is C[C@@]1(O)CCC[C@H]1n1c(=O)c(C(F)F)cc2cnc(NC3CCN(S(=O)(=O)c4ccc(CCN5CCN(c6ccc(C7CCC(=O)NC7=O)cc6)CC5)cc4)CC3)nc21. The molecule has 2 aromatic heterocycles. The van der Waals surface area contributed by atoms with Crippen molar-refractivity contribution in [2.75, 3.05) is 56.0 Å². The van der Waals surface area contributed by atoms with Crippen molar-refractivity contribution >= 4 is 44.5 Å². The van der Waals surface area contributed by atoms with Crippen LogP contribution in [0.2, 0.25) is 0 Å². The standard InChI is InChI=1S/C42H50F2N8O6S/c1-42(56)17-2-3-35(42)52-38-29(25-34(37(43)44)40(52)55)26-45-41(48-38)46-30-15-19-51(20-16-30)59(57,58)32-10-4-27(5-11-32)14-18-49-21-23-50(24-22-49)31-8-6-28(7-9-31)33-12-13-36(53)47-39(33)54/h4-11,25-26,30,33,35,37,56H,2-3,12-24H2,1H3,(H,45,46,48)(H,47,53,54)/t33?,35-,42-/m1/s1. The predicted octanol–water partition coefficient (Wildman–Crippen LogP) is 4.36. The third kappa shape index (κ3) is 8.60. The number of nitrogens with one attached hydrogen (secondary N) is 2. The summed E-state index contributed by atoms with van der Waals surface area (Å²) in [7, 11) is -3.73. The van der Waals surface area contributed by atoms with Gasteiger partial charge in [0.05, 0.1) is 28.0 Å². The number of sulfonamides is 1. The number of anilines is 2. The molecule has 0 radical (unpaired) electrons. The zero-order chi connectivity index (χ0) is 41.5. The van der Waals surface area contributed by atoms with Crippen LogP contribution in [0, 0.1) is 0 Å². The number of imide groups is 1. The molecule has 59 heavy (non-hydrogen) atoms. The number of hydrogen-bond donors (Lipinski definition) is 3. The summed E-state index contributed by atoms with van der Waals surface area (Å²) in [5.41, 5.74) is 0.464. The van der Waals surface area contributed by atoms with Gasteiger partial charge in [0.15, 0.2) is 0 Å². The number of aromatic nitrogens is 3. The number of piperidine rings is 2. The molecule has 4 aliphatic rings. The molecule has 2 aromatic carbocycles.